The number of amides is 1. The Kier molecular flexibility index (Phi) is 2.88. The lowest BCUT2D eigenvalue weighted by atomic mass is 9.79. The fourth-order valence-corrected chi connectivity index (χ4v) is 4.82. The number of aryl methyl sites for hydroxylation is 1. The van der Waals surface area contributed by atoms with Crippen LogP contribution in [0.25, 0.3) is 10.4 Å². The molecule has 0 unspecified atom stereocenters. The zero-order chi connectivity index (χ0) is 15.3. The van der Waals surface area contributed by atoms with Crippen LogP contribution in [0.4, 0.5) is 5.69 Å². The van der Waals surface area contributed by atoms with Gasteiger partial charge in [-0.15, -0.1) is 11.3 Å². The quantitative estimate of drug-likeness (QED) is 0.851. The minimum Gasteiger partial charge on any atom is -0.325 e. The molecular formula is C18H16N2OS. The third kappa shape index (κ3) is 1.75. The molecule has 1 spiro atoms. The number of hydrogen-bond donors (Lipinski definition) is 1. The molecule has 0 saturated heterocycles. The van der Waals surface area contributed by atoms with Crippen molar-refractivity contribution in [3.05, 3.63) is 40.3 Å². The Morgan fingerprint density at radius 3 is 2.73 bits per heavy atom. The number of carbonyl (C=O) groups excluding carboxylic acids is 1. The topological polar surface area (TPSA) is 52.9 Å². The van der Waals surface area contributed by atoms with Gasteiger partial charge in [0.25, 0.3) is 0 Å². The second-order valence-electron chi connectivity index (χ2n) is 6.24. The van der Waals surface area contributed by atoms with E-state index in [1.807, 2.05) is 25.1 Å². The first kappa shape index (κ1) is 13.5. The minimum absolute atomic E-state index is 0.165. The molecule has 4 rings (SSSR count). The molecule has 1 saturated carbocycles. The first-order chi connectivity index (χ1) is 10.6. The van der Waals surface area contributed by atoms with Crippen LogP contribution in [0.1, 0.15) is 41.7 Å². The fourth-order valence-electron chi connectivity index (χ4n) is 3.85. The van der Waals surface area contributed by atoms with Crippen LogP contribution in [-0.4, -0.2) is 5.91 Å². The molecule has 110 valence electrons. The van der Waals surface area contributed by atoms with E-state index in [-0.39, 0.29) is 11.3 Å². The van der Waals surface area contributed by atoms with Gasteiger partial charge in [0, 0.05) is 10.6 Å². The summed E-state index contributed by atoms with van der Waals surface area (Å²) in [5, 5.41) is 12.1. The minimum atomic E-state index is -0.311. The molecule has 1 aliphatic carbocycles. The van der Waals surface area contributed by atoms with Crippen molar-refractivity contribution in [1.29, 1.82) is 5.26 Å². The van der Waals surface area contributed by atoms with Crippen molar-refractivity contribution in [2.45, 2.75) is 38.0 Å². The van der Waals surface area contributed by atoms with Crippen LogP contribution < -0.4 is 5.32 Å². The van der Waals surface area contributed by atoms with E-state index < -0.39 is 0 Å². The van der Waals surface area contributed by atoms with Gasteiger partial charge in [-0.25, -0.2) is 0 Å². The summed E-state index contributed by atoms with van der Waals surface area (Å²) in [5.41, 5.74) is 4.04. The van der Waals surface area contributed by atoms with E-state index in [1.54, 1.807) is 0 Å². The molecule has 2 heterocycles. The average Bonchev–Trinajstić information content (AvgIpc) is 3.20. The molecule has 0 atom stereocenters. The molecular weight excluding hydrogens is 292 g/mol. The summed E-state index contributed by atoms with van der Waals surface area (Å²) in [5.74, 6) is 0.165. The summed E-state index contributed by atoms with van der Waals surface area (Å²) in [6.07, 6.45) is 4.13. The van der Waals surface area contributed by atoms with E-state index in [4.69, 9.17) is 5.26 Å². The maximum absolute atomic E-state index is 12.5. The van der Waals surface area contributed by atoms with E-state index in [0.29, 0.717) is 0 Å². The van der Waals surface area contributed by atoms with Crippen LogP contribution in [0.2, 0.25) is 0 Å². The van der Waals surface area contributed by atoms with Crippen molar-refractivity contribution in [3.8, 4) is 16.5 Å². The number of thiophene rings is 1. The van der Waals surface area contributed by atoms with E-state index in [9.17, 15) is 4.79 Å². The second-order valence-corrected chi connectivity index (χ2v) is 7.29. The highest BCUT2D eigenvalue weighted by Crippen LogP contribution is 2.50. The molecule has 22 heavy (non-hydrogen) atoms. The number of benzene rings is 1. The van der Waals surface area contributed by atoms with Gasteiger partial charge >= 0.3 is 0 Å². The van der Waals surface area contributed by atoms with Gasteiger partial charge in [0.05, 0.1) is 5.41 Å². The highest BCUT2D eigenvalue weighted by atomic mass is 32.1. The Hall–Kier alpha value is -2.12. The number of rotatable bonds is 1. The van der Waals surface area contributed by atoms with Gasteiger partial charge in [0.2, 0.25) is 5.91 Å². The van der Waals surface area contributed by atoms with Crippen LogP contribution in [0.15, 0.2) is 24.3 Å². The molecule has 0 radical (unpaired) electrons. The lowest BCUT2D eigenvalue weighted by Crippen LogP contribution is -2.30. The average molecular weight is 308 g/mol. The molecule has 1 aromatic heterocycles. The van der Waals surface area contributed by atoms with Crippen molar-refractivity contribution < 1.29 is 4.79 Å². The van der Waals surface area contributed by atoms with Crippen LogP contribution in [-0.2, 0) is 10.2 Å². The first-order valence-electron chi connectivity index (χ1n) is 7.61. The standard InChI is InChI=1S/C18H16N2OS/c1-11-8-13(10-19)22-16(11)12-4-5-15-14(9-12)18(17(21)20-15)6-2-3-7-18/h4-5,8-9H,2-3,6-7H2,1H3,(H,20,21). The van der Waals surface area contributed by atoms with Gasteiger partial charge in [0.15, 0.2) is 0 Å². The lowest BCUT2D eigenvalue weighted by molar-refractivity contribution is -0.120. The normalized spacial score (nSPS) is 18.3. The van der Waals surface area contributed by atoms with Gasteiger partial charge in [-0.1, -0.05) is 18.9 Å². The number of fused-ring (bicyclic) bond motifs is 2. The molecule has 1 aliphatic heterocycles. The van der Waals surface area contributed by atoms with E-state index in [0.717, 1.165) is 57.8 Å². The van der Waals surface area contributed by atoms with Crippen LogP contribution in [0.3, 0.4) is 0 Å². The first-order valence-corrected chi connectivity index (χ1v) is 8.42. The van der Waals surface area contributed by atoms with Crippen molar-refractivity contribution in [2.75, 3.05) is 5.32 Å². The zero-order valence-corrected chi connectivity index (χ0v) is 13.2. The SMILES string of the molecule is Cc1cc(C#N)sc1-c1ccc2c(c1)C1(CCCC1)C(=O)N2. The van der Waals surface area contributed by atoms with Crippen LogP contribution in [0.5, 0.6) is 0 Å². The summed E-state index contributed by atoms with van der Waals surface area (Å²) < 4.78 is 0. The maximum atomic E-state index is 12.5. The molecule has 1 amide bonds. The molecule has 1 fully saturated rings. The fraction of sp³-hybridized carbons (Fsp3) is 0.333. The van der Waals surface area contributed by atoms with Crippen molar-refractivity contribution in [2.24, 2.45) is 0 Å². The lowest BCUT2D eigenvalue weighted by Gasteiger charge is -2.21. The summed E-state index contributed by atoms with van der Waals surface area (Å²) in [6.45, 7) is 2.04. The Balaban J connectivity index is 1.86. The number of hydrogen-bond acceptors (Lipinski definition) is 3. The Labute approximate surface area is 133 Å². The molecule has 2 aromatic rings. The molecule has 1 N–H and O–H groups in total. The van der Waals surface area contributed by atoms with Gasteiger partial charge < -0.3 is 5.32 Å². The Morgan fingerprint density at radius 2 is 2.05 bits per heavy atom. The number of anilines is 1. The van der Waals surface area contributed by atoms with Crippen LogP contribution >= 0.6 is 11.3 Å². The highest BCUT2D eigenvalue weighted by molar-refractivity contribution is 7.16. The summed E-state index contributed by atoms with van der Waals surface area (Å²) >= 11 is 1.52. The van der Waals surface area contributed by atoms with Crippen molar-refractivity contribution in [3.63, 3.8) is 0 Å². The van der Waals surface area contributed by atoms with E-state index in [2.05, 4.69) is 17.5 Å². The maximum Gasteiger partial charge on any atom is 0.235 e. The molecule has 2 aliphatic rings. The molecule has 0 bridgehead atoms. The number of nitrogens with zero attached hydrogens (tertiary/aromatic N) is 1. The predicted octanol–water partition coefficient (Wildman–Crippen LogP) is 4.36. The monoisotopic (exact) mass is 308 g/mol. The highest BCUT2D eigenvalue weighted by Gasteiger charge is 2.48. The Morgan fingerprint density at radius 1 is 1.27 bits per heavy atom. The van der Waals surface area contributed by atoms with E-state index in [1.165, 1.54) is 11.3 Å². The smallest absolute Gasteiger partial charge is 0.235 e. The molecule has 3 nitrogen and oxygen atoms in total. The van der Waals surface area contributed by atoms with Gasteiger partial charge in [-0.3, -0.25) is 4.79 Å². The second kappa shape index (κ2) is 4.69. The van der Waals surface area contributed by atoms with Gasteiger partial charge in [-0.2, -0.15) is 5.26 Å². The Bertz CT molecular complexity index is 822. The van der Waals surface area contributed by atoms with Crippen molar-refractivity contribution >= 4 is 22.9 Å². The number of carbonyl (C=O) groups is 1. The van der Waals surface area contributed by atoms with E-state index >= 15 is 0 Å². The molecule has 4 heteroatoms. The number of nitriles is 1. The largest absolute Gasteiger partial charge is 0.325 e. The van der Waals surface area contributed by atoms with Gasteiger partial charge in [-0.05, 0) is 54.7 Å². The third-order valence-electron chi connectivity index (χ3n) is 4.97. The van der Waals surface area contributed by atoms with Gasteiger partial charge in [0.1, 0.15) is 10.9 Å². The third-order valence-corrected chi connectivity index (χ3v) is 6.16. The summed E-state index contributed by atoms with van der Waals surface area (Å²) in [7, 11) is 0. The zero-order valence-electron chi connectivity index (χ0n) is 12.4. The van der Waals surface area contributed by atoms with Crippen molar-refractivity contribution in [1.82, 2.24) is 0 Å². The summed E-state index contributed by atoms with van der Waals surface area (Å²) in [6, 6.07) is 10.4. The van der Waals surface area contributed by atoms with Crippen LogP contribution in [0, 0.1) is 18.3 Å². The number of nitrogens with one attached hydrogen (secondary N) is 1. The summed E-state index contributed by atoms with van der Waals surface area (Å²) in [4.78, 5) is 14.3. The molecule has 1 aromatic carbocycles. The predicted molar refractivity (Wildman–Crippen MR) is 88.0 cm³/mol.